The minimum absolute atomic E-state index is 0.0366. The topological polar surface area (TPSA) is 29.4 Å². The minimum Gasteiger partial charge on any atom is -0.267 e. The predicted octanol–water partition coefficient (Wildman–Crippen LogP) is 3.02. The first-order chi connectivity index (χ1) is 7.43. The molecule has 0 bridgehead atoms. The van der Waals surface area contributed by atoms with E-state index in [-0.39, 0.29) is 22.6 Å². The van der Waals surface area contributed by atoms with Crippen LogP contribution in [-0.2, 0) is 12.1 Å². The summed E-state index contributed by atoms with van der Waals surface area (Å²) in [6.07, 6.45) is -3.57. The van der Waals surface area contributed by atoms with Crippen LogP contribution in [0.15, 0.2) is 17.1 Å². The zero-order valence-electron chi connectivity index (χ0n) is 7.81. The largest absolute Gasteiger partial charge is 0.417 e. The van der Waals surface area contributed by atoms with Crippen molar-refractivity contribution in [3.05, 3.63) is 34.4 Å². The number of hydrogen-bond acceptors (Lipinski definition) is 1. The number of halogens is 4. The first-order valence-electron chi connectivity index (χ1n) is 4.32. The quantitative estimate of drug-likeness (QED) is 0.702. The molecule has 0 N–H and O–H groups in total. The van der Waals surface area contributed by atoms with Crippen molar-refractivity contribution < 1.29 is 18.0 Å². The Morgan fingerprint density at radius 2 is 2.00 bits per heavy atom. The Bertz CT molecular complexity index is 494. The Labute approximate surface area is 93.7 Å². The van der Waals surface area contributed by atoms with Gasteiger partial charge < -0.3 is 0 Å². The molecule has 0 atom stereocenters. The first-order valence-corrected chi connectivity index (χ1v) is 4.85. The molecule has 1 aliphatic rings. The Kier molecular flexibility index (Phi) is 2.50. The smallest absolute Gasteiger partial charge is 0.267 e. The van der Waals surface area contributed by atoms with Crippen molar-refractivity contribution in [3.8, 4) is 0 Å². The van der Waals surface area contributed by atoms with Crippen LogP contribution in [0.1, 0.15) is 27.0 Å². The van der Waals surface area contributed by atoms with Gasteiger partial charge in [0.1, 0.15) is 0 Å². The minimum atomic E-state index is -4.51. The van der Waals surface area contributed by atoms with Crippen molar-refractivity contribution in [1.29, 1.82) is 0 Å². The second-order valence-corrected chi connectivity index (χ2v) is 3.57. The summed E-state index contributed by atoms with van der Waals surface area (Å²) in [6, 6.07) is 2.28. The third kappa shape index (κ3) is 1.71. The van der Waals surface area contributed by atoms with Crippen LogP contribution in [0.4, 0.5) is 13.2 Å². The summed E-state index contributed by atoms with van der Waals surface area (Å²) < 4.78 is 38.0. The van der Waals surface area contributed by atoms with E-state index >= 15 is 0 Å². The first kappa shape index (κ1) is 11.1. The van der Waals surface area contributed by atoms with Gasteiger partial charge in [-0.15, -0.1) is 11.6 Å². The Hall–Kier alpha value is -1.36. The van der Waals surface area contributed by atoms with Crippen LogP contribution in [-0.4, -0.2) is 12.1 Å². The van der Waals surface area contributed by atoms with Crippen LogP contribution in [0.3, 0.4) is 0 Å². The summed E-state index contributed by atoms with van der Waals surface area (Å²) in [5, 5.41) is 0. The molecule has 2 rings (SSSR count). The fourth-order valence-corrected chi connectivity index (χ4v) is 1.69. The number of amides is 1. The number of fused-ring (bicyclic) bond motifs is 1. The van der Waals surface area contributed by atoms with E-state index in [2.05, 4.69) is 4.99 Å². The standard InChI is InChI=1S/C10H5ClF3NO/c11-3-5-1-6-7(4-15-9(6)16)8(2-5)10(12,13)14/h1-2,4H,3H2. The lowest BCUT2D eigenvalue weighted by Gasteiger charge is -2.11. The summed E-state index contributed by atoms with van der Waals surface area (Å²) in [5.74, 6) is -0.739. The number of hydrogen-bond donors (Lipinski definition) is 0. The molecular weight excluding hydrogens is 243 g/mol. The highest BCUT2D eigenvalue weighted by atomic mass is 35.5. The fourth-order valence-electron chi connectivity index (χ4n) is 1.53. The van der Waals surface area contributed by atoms with Gasteiger partial charge >= 0.3 is 6.18 Å². The highest BCUT2D eigenvalue weighted by Gasteiger charge is 2.36. The number of alkyl halides is 4. The zero-order valence-corrected chi connectivity index (χ0v) is 8.56. The number of carbonyl (C=O) groups is 1. The van der Waals surface area contributed by atoms with Gasteiger partial charge in [0, 0.05) is 17.7 Å². The Morgan fingerprint density at radius 3 is 2.56 bits per heavy atom. The van der Waals surface area contributed by atoms with Crippen molar-refractivity contribution in [1.82, 2.24) is 0 Å². The molecule has 1 aliphatic heterocycles. The average Bonchev–Trinajstić information content (AvgIpc) is 2.58. The lowest BCUT2D eigenvalue weighted by Crippen LogP contribution is -2.11. The van der Waals surface area contributed by atoms with Gasteiger partial charge in [-0.05, 0) is 17.7 Å². The Morgan fingerprint density at radius 1 is 1.31 bits per heavy atom. The highest BCUT2D eigenvalue weighted by Crippen LogP contribution is 2.35. The van der Waals surface area contributed by atoms with Crippen molar-refractivity contribution in [3.63, 3.8) is 0 Å². The number of carbonyl (C=O) groups excluding carboxylic acids is 1. The summed E-state index contributed by atoms with van der Waals surface area (Å²) in [6.45, 7) is 0. The summed E-state index contributed by atoms with van der Waals surface area (Å²) in [7, 11) is 0. The van der Waals surface area contributed by atoms with Crippen molar-refractivity contribution in [2.24, 2.45) is 4.99 Å². The van der Waals surface area contributed by atoms with Gasteiger partial charge in [0.2, 0.25) is 0 Å². The lowest BCUT2D eigenvalue weighted by molar-refractivity contribution is -0.137. The van der Waals surface area contributed by atoms with Crippen LogP contribution in [0.25, 0.3) is 0 Å². The van der Waals surface area contributed by atoms with E-state index in [0.717, 1.165) is 12.3 Å². The molecule has 1 amide bonds. The normalized spacial score (nSPS) is 14.4. The van der Waals surface area contributed by atoms with E-state index in [4.69, 9.17) is 11.6 Å². The highest BCUT2D eigenvalue weighted by molar-refractivity contribution is 6.18. The monoisotopic (exact) mass is 247 g/mol. The van der Waals surface area contributed by atoms with E-state index in [1.54, 1.807) is 0 Å². The predicted molar refractivity (Wildman–Crippen MR) is 52.9 cm³/mol. The average molecular weight is 248 g/mol. The molecule has 0 aromatic heterocycles. The van der Waals surface area contributed by atoms with Gasteiger partial charge in [-0.1, -0.05) is 0 Å². The van der Waals surface area contributed by atoms with Crippen LogP contribution < -0.4 is 0 Å². The maximum atomic E-state index is 12.7. The van der Waals surface area contributed by atoms with Crippen molar-refractivity contribution in [2.75, 3.05) is 0 Å². The molecule has 84 valence electrons. The second-order valence-electron chi connectivity index (χ2n) is 3.30. The van der Waals surface area contributed by atoms with Crippen LogP contribution in [0.5, 0.6) is 0 Å². The molecule has 0 spiro atoms. The van der Waals surface area contributed by atoms with Gasteiger partial charge in [-0.25, -0.2) is 4.99 Å². The summed E-state index contributed by atoms with van der Waals surface area (Å²) in [5.41, 5.74) is -0.821. The Balaban J connectivity index is 2.69. The van der Waals surface area contributed by atoms with Gasteiger partial charge in [0.05, 0.1) is 11.1 Å². The second kappa shape index (κ2) is 3.59. The number of benzene rings is 1. The van der Waals surface area contributed by atoms with E-state index in [1.807, 2.05) is 0 Å². The number of nitrogens with zero attached hydrogens (tertiary/aromatic N) is 1. The SMILES string of the molecule is O=C1N=Cc2c1cc(CCl)cc2C(F)(F)F. The molecule has 0 radical (unpaired) electrons. The molecule has 0 saturated heterocycles. The zero-order chi connectivity index (χ0) is 11.9. The molecule has 1 heterocycles. The molecule has 0 unspecified atom stereocenters. The molecule has 0 saturated carbocycles. The van der Waals surface area contributed by atoms with E-state index < -0.39 is 17.6 Å². The van der Waals surface area contributed by atoms with Crippen LogP contribution in [0.2, 0.25) is 0 Å². The molecule has 1 aromatic rings. The fraction of sp³-hybridized carbons (Fsp3) is 0.200. The third-order valence-electron chi connectivity index (χ3n) is 2.24. The maximum Gasteiger partial charge on any atom is 0.417 e. The third-order valence-corrected chi connectivity index (χ3v) is 2.55. The van der Waals surface area contributed by atoms with Gasteiger partial charge in [0.25, 0.3) is 5.91 Å². The summed E-state index contributed by atoms with van der Waals surface area (Å²) in [4.78, 5) is 14.6. The maximum absolute atomic E-state index is 12.7. The van der Waals surface area contributed by atoms with Gasteiger partial charge in [-0.2, -0.15) is 13.2 Å². The molecular formula is C10H5ClF3NO. The molecule has 16 heavy (non-hydrogen) atoms. The summed E-state index contributed by atoms with van der Waals surface area (Å²) >= 11 is 5.48. The van der Waals surface area contributed by atoms with Crippen molar-refractivity contribution in [2.45, 2.75) is 12.1 Å². The molecule has 6 heteroatoms. The van der Waals surface area contributed by atoms with E-state index in [1.165, 1.54) is 6.07 Å². The molecule has 2 nitrogen and oxygen atoms in total. The van der Waals surface area contributed by atoms with E-state index in [0.29, 0.717) is 0 Å². The molecule has 0 fully saturated rings. The van der Waals surface area contributed by atoms with Gasteiger partial charge in [0.15, 0.2) is 0 Å². The van der Waals surface area contributed by atoms with Crippen LogP contribution in [0, 0.1) is 0 Å². The number of aliphatic imine (C=N–C) groups is 1. The van der Waals surface area contributed by atoms with Crippen molar-refractivity contribution >= 4 is 23.7 Å². The lowest BCUT2D eigenvalue weighted by atomic mass is 9.99. The molecule has 1 aromatic carbocycles. The number of rotatable bonds is 1. The van der Waals surface area contributed by atoms with Gasteiger partial charge in [-0.3, -0.25) is 4.79 Å². The van der Waals surface area contributed by atoms with E-state index in [9.17, 15) is 18.0 Å². The van der Waals surface area contributed by atoms with Crippen LogP contribution >= 0.6 is 11.6 Å². The molecule has 0 aliphatic carbocycles.